The first kappa shape index (κ1) is 17.9. The van der Waals surface area contributed by atoms with Crippen molar-refractivity contribution in [1.29, 1.82) is 0 Å². The van der Waals surface area contributed by atoms with Crippen LogP contribution in [0.4, 0.5) is 5.69 Å². The molecule has 0 spiro atoms. The average molecular weight is 342 g/mol. The van der Waals surface area contributed by atoms with E-state index in [-0.39, 0.29) is 12.0 Å². The fraction of sp³-hybridized carbons (Fsp3) is 0.263. The second-order valence-corrected chi connectivity index (χ2v) is 5.90. The highest BCUT2D eigenvalue weighted by Gasteiger charge is 2.13. The molecule has 0 aromatic heterocycles. The van der Waals surface area contributed by atoms with Gasteiger partial charge < -0.3 is 15.4 Å². The number of hydrogen-bond acceptors (Lipinski definition) is 3. The number of thiocarbonyl (C=S) groups is 1. The molecular weight excluding hydrogens is 320 g/mol. The monoisotopic (exact) mass is 342 g/mol. The van der Waals surface area contributed by atoms with Gasteiger partial charge >= 0.3 is 5.97 Å². The zero-order chi connectivity index (χ0) is 17.5. The summed E-state index contributed by atoms with van der Waals surface area (Å²) in [4.78, 5) is 11.6. The first-order chi connectivity index (χ1) is 11.5. The molecule has 0 saturated heterocycles. The lowest BCUT2D eigenvalue weighted by molar-refractivity contribution is 0.0601. The summed E-state index contributed by atoms with van der Waals surface area (Å²) >= 11 is 5.42. The van der Waals surface area contributed by atoms with Gasteiger partial charge in [0, 0.05) is 5.69 Å². The molecular formula is C19H22N2O2S. The van der Waals surface area contributed by atoms with Gasteiger partial charge in [0.15, 0.2) is 5.11 Å². The van der Waals surface area contributed by atoms with Crippen LogP contribution in [0.2, 0.25) is 0 Å². The Morgan fingerprint density at radius 2 is 1.96 bits per heavy atom. The Labute approximate surface area is 148 Å². The second kappa shape index (κ2) is 8.45. The van der Waals surface area contributed by atoms with Crippen molar-refractivity contribution in [3.8, 4) is 0 Å². The quantitative estimate of drug-likeness (QED) is 0.629. The summed E-state index contributed by atoms with van der Waals surface area (Å²) in [7, 11) is 1.36. The summed E-state index contributed by atoms with van der Waals surface area (Å²) in [6.07, 6.45) is 0.912. The largest absolute Gasteiger partial charge is 0.465 e. The lowest BCUT2D eigenvalue weighted by Crippen LogP contribution is -2.32. The van der Waals surface area contributed by atoms with E-state index < -0.39 is 0 Å². The molecule has 0 aliphatic carbocycles. The van der Waals surface area contributed by atoms with Crippen LogP contribution in [0.15, 0.2) is 48.5 Å². The van der Waals surface area contributed by atoms with E-state index in [0.717, 1.165) is 12.1 Å². The number of esters is 1. The molecule has 0 amide bonds. The van der Waals surface area contributed by atoms with Crippen LogP contribution in [-0.4, -0.2) is 18.2 Å². The molecule has 0 unspecified atom stereocenters. The summed E-state index contributed by atoms with van der Waals surface area (Å²) in [6, 6.07) is 15.5. The standard InChI is InChI=1S/C19H22N2O2S/c1-4-17(16-11-6-5-8-13(16)2)21-19(24)20-15-10-7-9-14(12-15)18(22)23-3/h5-12,17H,4H2,1-3H3,(H2,20,21,24)/t17-/m1/s1. The zero-order valence-electron chi connectivity index (χ0n) is 14.1. The van der Waals surface area contributed by atoms with Crippen LogP contribution >= 0.6 is 12.2 Å². The van der Waals surface area contributed by atoms with Crippen molar-refractivity contribution in [3.63, 3.8) is 0 Å². The number of ether oxygens (including phenoxy) is 1. The fourth-order valence-corrected chi connectivity index (χ4v) is 2.80. The number of aryl methyl sites for hydroxylation is 1. The van der Waals surface area contributed by atoms with Crippen LogP contribution < -0.4 is 10.6 Å². The molecule has 2 rings (SSSR count). The third-order valence-corrected chi connectivity index (χ3v) is 4.04. The van der Waals surface area contributed by atoms with E-state index in [9.17, 15) is 4.79 Å². The topological polar surface area (TPSA) is 50.4 Å². The predicted octanol–water partition coefficient (Wildman–Crippen LogP) is 4.22. The first-order valence-corrected chi connectivity index (χ1v) is 8.27. The highest BCUT2D eigenvalue weighted by Crippen LogP contribution is 2.20. The maximum atomic E-state index is 11.6. The number of rotatable bonds is 5. The molecule has 0 radical (unpaired) electrons. The Kier molecular flexibility index (Phi) is 6.32. The van der Waals surface area contributed by atoms with Crippen molar-refractivity contribution in [2.75, 3.05) is 12.4 Å². The van der Waals surface area contributed by atoms with Crippen molar-refractivity contribution in [2.45, 2.75) is 26.3 Å². The molecule has 2 N–H and O–H groups in total. The van der Waals surface area contributed by atoms with E-state index in [0.29, 0.717) is 10.7 Å². The number of methoxy groups -OCH3 is 1. The van der Waals surface area contributed by atoms with Gasteiger partial charge in [-0.3, -0.25) is 0 Å². The van der Waals surface area contributed by atoms with Crippen LogP contribution in [0.25, 0.3) is 0 Å². The Morgan fingerprint density at radius 3 is 2.62 bits per heavy atom. The van der Waals surface area contributed by atoms with Gasteiger partial charge in [0.1, 0.15) is 0 Å². The first-order valence-electron chi connectivity index (χ1n) is 7.86. The summed E-state index contributed by atoms with van der Waals surface area (Å²) in [6.45, 7) is 4.21. The summed E-state index contributed by atoms with van der Waals surface area (Å²) in [5, 5.41) is 6.99. The number of nitrogens with one attached hydrogen (secondary N) is 2. The molecule has 2 aromatic carbocycles. The van der Waals surface area contributed by atoms with E-state index in [1.165, 1.54) is 18.2 Å². The summed E-state index contributed by atoms with van der Waals surface area (Å²) in [5.74, 6) is -0.371. The minimum atomic E-state index is -0.371. The van der Waals surface area contributed by atoms with Gasteiger partial charge in [0.05, 0.1) is 18.7 Å². The van der Waals surface area contributed by atoms with Gasteiger partial charge in [-0.2, -0.15) is 0 Å². The lowest BCUT2D eigenvalue weighted by Gasteiger charge is -2.21. The predicted molar refractivity (Wildman–Crippen MR) is 101 cm³/mol. The van der Waals surface area contributed by atoms with Crippen LogP contribution in [0.5, 0.6) is 0 Å². The average Bonchev–Trinajstić information content (AvgIpc) is 2.60. The highest BCUT2D eigenvalue weighted by molar-refractivity contribution is 7.80. The number of carbonyl (C=O) groups is 1. The summed E-state index contributed by atoms with van der Waals surface area (Å²) in [5.41, 5.74) is 3.69. The minimum Gasteiger partial charge on any atom is -0.465 e. The van der Waals surface area contributed by atoms with Crippen LogP contribution in [-0.2, 0) is 4.74 Å². The third-order valence-electron chi connectivity index (χ3n) is 3.82. The number of carbonyl (C=O) groups excluding carboxylic acids is 1. The number of benzene rings is 2. The van der Waals surface area contributed by atoms with E-state index >= 15 is 0 Å². The van der Waals surface area contributed by atoms with Gasteiger partial charge in [0.2, 0.25) is 0 Å². The number of anilines is 1. The molecule has 0 heterocycles. The normalized spacial score (nSPS) is 11.5. The van der Waals surface area contributed by atoms with Gasteiger partial charge in [-0.1, -0.05) is 37.3 Å². The molecule has 0 fully saturated rings. The highest BCUT2D eigenvalue weighted by atomic mass is 32.1. The molecule has 0 bridgehead atoms. The van der Waals surface area contributed by atoms with Gasteiger partial charge in [-0.15, -0.1) is 0 Å². The zero-order valence-corrected chi connectivity index (χ0v) is 14.9. The molecule has 24 heavy (non-hydrogen) atoms. The van der Waals surface area contributed by atoms with Crippen LogP contribution in [0.1, 0.15) is 40.9 Å². The van der Waals surface area contributed by atoms with Crippen molar-refractivity contribution in [1.82, 2.24) is 5.32 Å². The molecule has 0 saturated carbocycles. The molecule has 0 aliphatic rings. The van der Waals surface area contributed by atoms with Crippen molar-refractivity contribution < 1.29 is 9.53 Å². The molecule has 5 heteroatoms. The van der Waals surface area contributed by atoms with Crippen molar-refractivity contribution in [3.05, 3.63) is 65.2 Å². The molecule has 4 nitrogen and oxygen atoms in total. The van der Waals surface area contributed by atoms with Gasteiger partial charge in [-0.25, -0.2) is 4.79 Å². The third kappa shape index (κ3) is 4.55. The Morgan fingerprint density at radius 1 is 1.21 bits per heavy atom. The van der Waals surface area contributed by atoms with E-state index in [1.54, 1.807) is 18.2 Å². The van der Waals surface area contributed by atoms with Gasteiger partial charge in [0.25, 0.3) is 0 Å². The molecule has 0 aliphatic heterocycles. The Bertz CT molecular complexity index is 731. The Hall–Kier alpha value is -2.40. The van der Waals surface area contributed by atoms with E-state index in [4.69, 9.17) is 17.0 Å². The second-order valence-electron chi connectivity index (χ2n) is 5.49. The van der Waals surface area contributed by atoms with E-state index in [2.05, 4.69) is 36.6 Å². The minimum absolute atomic E-state index is 0.134. The van der Waals surface area contributed by atoms with Crippen LogP contribution in [0.3, 0.4) is 0 Å². The molecule has 1 atom stereocenters. The molecule has 2 aromatic rings. The summed E-state index contributed by atoms with van der Waals surface area (Å²) < 4.78 is 4.73. The molecule has 126 valence electrons. The lowest BCUT2D eigenvalue weighted by atomic mass is 10.00. The van der Waals surface area contributed by atoms with E-state index in [1.807, 2.05) is 18.2 Å². The maximum Gasteiger partial charge on any atom is 0.337 e. The maximum absolute atomic E-state index is 11.6. The number of hydrogen-bond donors (Lipinski definition) is 2. The van der Waals surface area contributed by atoms with Crippen molar-refractivity contribution in [2.24, 2.45) is 0 Å². The SMILES string of the molecule is CC[C@@H](NC(=S)Nc1cccc(C(=O)OC)c1)c1ccccc1C. The smallest absolute Gasteiger partial charge is 0.337 e. The fourth-order valence-electron chi connectivity index (χ4n) is 2.54. The van der Waals surface area contributed by atoms with Gasteiger partial charge in [-0.05, 0) is 54.9 Å². The Balaban J connectivity index is 2.07. The van der Waals surface area contributed by atoms with Crippen molar-refractivity contribution >= 4 is 29.0 Å². The van der Waals surface area contributed by atoms with Crippen LogP contribution in [0, 0.1) is 6.92 Å².